The average Bonchev–Trinajstić information content (AvgIpc) is 3.22. The smallest absolute Gasteiger partial charge is 0.245 e. The average molecular weight is 445 g/mol. The Morgan fingerprint density at radius 3 is 2.73 bits per heavy atom. The summed E-state index contributed by atoms with van der Waals surface area (Å²) in [4.78, 5) is 5.32. The summed E-state index contributed by atoms with van der Waals surface area (Å²) in [6.45, 7) is 3.56. The minimum Gasteiger partial charge on any atom is -0.361 e. The van der Waals surface area contributed by atoms with E-state index in [0.29, 0.717) is 19.0 Å². The maximum Gasteiger partial charge on any atom is 0.245 e. The molecule has 3 aromatic rings. The van der Waals surface area contributed by atoms with Gasteiger partial charge in [0.1, 0.15) is 10.7 Å². The highest BCUT2D eigenvalue weighted by Gasteiger charge is 2.31. The van der Waals surface area contributed by atoms with E-state index in [1.165, 1.54) is 22.5 Å². The van der Waals surface area contributed by atoms with Gasteiger partial charge < -0.3 is 5.32 Å². The Balaban J connectivity index is 1.33. The van der Waals surface area contributed by atoms with Crippen molar-refractivity contribution in [3.05, 3.63) is 66.1 Å². The Morgan fingerprint density at radius 2 is 2.00 bits per heavy atom. The zero-order valence-electron chi connectivity index (χ0n) is 16.6. The number of halogens is 1. The van der Waals surface area contributed by atoms with E-state index in [9.17, 15) is 12.8 Å². The second-order valence-corrected chi connectivity index (χ2v) is 10.3. The van der Waals surface area contributed by atoms with E-state index in [1.807, 2.05) is 25.3 Å². The summed E-state index contributed by atoms with van der Waals surface area (Å²) in [5.41, 5.74) is 2.23. The Bertz CT molecular complexity index is 1120. The molecule has 1 aliphatic rings. The molecule has 1 aliphatic heterocycles. The molecule has 1 saturated heterocycles. The second kappa shape index (κ2) is 8.83. The Labute approximate surface area is 180 Å². The molecule has 0 atom stereocenters. The van der Waals surface area contributed by atoms with Crippen molar-refractivity contribution in [2.75, 3.05) is 25.0 Å². The van der Waals surface area contributed by atoms with Crippen LogP contribution in [0, 0.1) is 24.7 Å². The van der Waals surface area contributed by atoms with Crippen LogP contribution in [0.4, 0.5) is 9.52 Å². The van der Waals surface area contributed by atoms with E-state index in [1.54, 1.807) is 17.4 Å². The minimum absolute atomic E-state index is 0.245. The van der Waals surface area contributed by atoms with Gasteiger partial charge in [-0.2, -0.15) is 4.31 Å². The lowest BCUT2D eigenvalue weighted by Gasteiger charge is -2.31. The van der Waals surface area contributed by atoms with E-state index >= 15 is 0 Å². The minimum atomic E-state index is -3.79. The van der Waals surface area contributed by atoms with Gasteiger partial charge in [-0.05, 0) is 55.0 Å². The molecule has 0 unspecified atom stereocenters. The highest BCUT2D eigenvalue weighted by Crippen LogP contribution is 2.31. The normalized spacial score (nSPS) is 15.9. The SMILES string of the molecule is Cc1[c]cccc1-c1cnc(NCC2CCN(S(=O)(=O)c3ccccc3F)CC2)s1. The second-order valence-electron chi connectivity index (χ2n) is 7.40. The third-order valence-electron chi connectivity index (χ3n) is 5.40. The molecular weight excluding hydrogens is 421 g/mol. The summed E-state index contributed by atoms with van der Waals surface area (Å²) in [5.74, 6) is -0.358. The van der Waals surface area contributed by atoms with Gasteiger partial charge in [-0.3, -0.25) is 0 Å². The van der Waals surface area contributed by atoms with Gasteiger partial charge in [-0.25, -0.2) is 17.8 Å². The molecule has 4 rings (SSSR count). The van der Waals surface area contributed by atoms with Crippen LogP contribution in [0.3, 0.4) is 0 Å². The number of thiazole rings is 1. The van der Waals surface area contributed by atoms with Crippen molar-refractivity contribution >= 4 is 26.5 Å². The predicted molar refractivity (Wildman–Crippen MR) is 117 cm³/mol. The highest BCUT2D eigenvalue weighted by molar-refractivity contribution is 7.89. The van der Waals surface area contributed by atoms with E-state index in [4.69, 9.17) is 0 Å². The Morgan fingerprint density at radius 1 is 1.23 bits per heavy atom. The number of hydrogen-bond acceptors (Lipinski definition) is 5. The van der Waals surface area contributed by atoms with Crippen molar-refractivity contribution < 1.29 is 12.8 Å². The number of rotatable bonds is 6. The Hall–Kier alpha value is -2.29. The number of benzene rings is 2. The zero-order valence-corrected chi connectivity index (χ0v) is 18.3. The lowest BCUT2D eigenvalue weighted by molar-refractivity contribution is 0.281. The molecule has 2 heterocycles. The van der Waals surface area contributed by atoms with E-state index in [2.05, 4.69) is 22.4 Å². The van der Waals surface area contributed by atoms with Gasteiger partial charge in [0.2, 0.25) is 10.0 Å². The van der Waals surface area contributed by atoms with Crippen LogP contribution in [-0.4, -0.2) is 37.3 Å². The van der Waals surface area contributed by atoms with Gasteiger partial charge in [0.15, 0.2) is 5.13 Å². The topological polar surface area (TPSA) is 62.3 Å². The molecule has 5 nitrogen and oxygen atoms in total. The number of anilines is 1. The fraction of sp³-hybridized carbons (Fsp3) is 0.318. The van der Waals surface area contributed by atoms with Crippen molar-refractivity contribution in [2.45, 2.75) is 24.7 Å². The van der Waals surface area contributed by atoms with Crippen molar-refractivity contribution in [3.8, 4) is 10.4 Å². The molecule has 0 spiro atoms. The van der Waals surface area contributed by atoms with Crippen LogP contribution in [0.15, 0.2) is 53.6 Å². The number of aromatic nitrogens is 1. The molecule has 1 radical (unpaired) electrons. The maximum absolute atomic E-state index is 14.0. The van der Waals surface area contributed by atoms with Crippen molar-refractivity contribution in [3.63, 3.8) is 0 Å². The van der Waals surface area contributed by atoms with Crippen LogP contribution in [0.1, 0.15) is 18.4 Å². The van der Waals surface area contributed by atoms with E-state index in [-0.39, 0.29) is 4.90 Å². The molecule has 8 heteroatoms. The fourth-order valence-electron chi connectivity index (χ4n) is 3.65. The first-order valence-corrected chi connectivity index (χ1v) is 12.1. The van der Waals surface area contributed by atoms with Gasteiger partial charge in [0.05, 0.1) is 4.88 Å². The molecule has 2 aromatic carbocycles. The first kappa shape index (κ1) is 21.0. The molecule has 0 amide bonds. The van der Waals surface area contributed by atoms with Crippen molar-refractivity contribution in [2.24, 2.45) is 5.92 Å². The summed E-state index contributed by atoms with van der Waals surface area (Å²) < 4.78 is 40.8. The van der Waals surface area contributed by atoms with E-state index in [0.717, 1.165) is 40.5 Å². The summed E-state index contributed by atoms with van der Waals surface area (Å²) in [5, 5.41) is 4.24. The largest absolute Gasteiger partial charge is 0.361 e. The molecule has 0 bridgehead atoms. The predicted octanol–water partition coefficient (Wildman–Crippen LogP) is 4.57. The van der Waals surface area contributed by atoms with E-state index < -0.39 is 15.8 Å². The standard InChI is InChI=1S/C22H23FN3O2S2/c1-16-6-2-3-7-18(16)20-15-25-22(29-20)24-14-17-10-12-26(13-11-17)30(27,28)21-9-5-4-8-19(21)23/h2-5,7-9,15,17H,10-14H2,1H3,(H,24,25). The Kier molecular flexibility index (Phi) is 6.17. The van der Waals surface area contributed by atoms with Crippen LogP contribution in [0.2, 0.25) is 0 Å². The first-order chi connectivity index (χ1) is 14.4. The number of aryl methyl sites for hydroxylation is 1. The van der Waals surface area contributed by atoms with Gasteiger partial charge in [0.25, 0.3) is 0 Å². The number of sulfonamides is 1. The van der Waals surface area contributed by atoms with Crippen LogP contribution in [-0.2, 0) is 10.0 Å². The number of hydrogen-bond donors (Lipinski definition) is 1. The summed E-state index contributed by atoms with van der Waals surface area (Å²) in [7, 11) is -3.79. The summed E-state index contributed by atoms with van der Waals surface area (Å²) in [6, 6.07) is 14.7. The van der Waals surface area contributed by atoms with Gasteiger partial charge in [-0.1, -0.05) is 41.7 Å². The molecule has 0 aliphatic carbocycles. The fourth-order valence-corrected chi connectivity index (χ4v) is 6.09. The summed E-state index contributed by atoms with van der Waals surface area (Å²) in [6.07, 6.45) is 3.32. The van der Waals surface area contributed by atoms with Gasteiger partial charge in [-0.15, -0.1) is 0 Å². The molecule has 1 N–H and O–H groups in total. The van der Waals surface area contributed by atoms with Crippen LogP contribution in [0.5, 0.6) is 0 Å². The third-order valence-corrected chi connectivity index (χ3v) is 8.32. The molecule has 0 saturated carbocycles. The number of nitrogens with zero attached hydrogens (tertiary/aromatic N) is 2. The van der Waals surface area contributed by atoms with Gasteiger partial charge >= 0.3 is 0 Å². The van der Waals surface area contributed by atoms with Crippen LogP contribution in [0.25, 0.3) is 10.4 Å². The molecule has 157 valence electrons. The number of piperidine rings is 1. The third kappa shape index (κ3) is 4.40. The number of nitrogens with one attached hydrogen (secondary N) is 1. The molecule has 1 fully saturated rings. The molecule has 1 aromatic heterocycles. The van der Waals surface area contributed by atoms with Crippen molar-refractivity contribution in [1.29, 1.82) is 0 Å². The maximum atomic E-state index is 14.0. The van der Waals surface area contributed by atoms with Crippen molar-refractivity contribution in [1.82, 2.24) is 9.29 Å². The molecule has 30 heavy (non-hydrogen) atoms. The van der Waals surface area contributed by atoms with Gasteiger partial charge in [0, 0.05) is 25.8 Å². The summed E-state index contributed by atoms with van der Waals surface area (Å²) >= 11 is 1.60. The zero-order chi connectivity index (χ0) is 21.1. The quantitative estimate of drug-likeness (QED) is 0.605. The monoisotopic (exact) mass is 444 g/mol. The highest BCUT2D eigenvalue weighted by atomic mass is 32.2. The van der Waals surface area contributed by atoms with Crippen LogP contribution >= 0.6 is 11.3 Å². The van der Waals surface area contributed by atoms with Crippen LogP contribution < -0.4 is 5.32 Å². The lowest BCUT2D eigenvalue weighted by Crippen LogP contribution is -2.40. The molecular formula is C22H23FN3O2S2. The lowest BCUT2D eigenvalue weighted by atomic mass is 9.98. The first-order valence-electron chi connectivity index (χ1n) is 9.87.